The molecule has 0 radical (unpaired) electrons. The lowest BCUT2D eigenvalue weighted by atomic mass is 10.1. The predicted molar refractivity (Wildman–Crippen MR) is 66.9 cm³/mol. The summed E-state index contributed by atoms with van der Waals surface area (Å²) in [6.45, 7) is 4.39. The largest absolute Gasteiger partial charge is 0.352 e. The van der Waals surface area contributed by atoms with Gasteiger partial charge in [0.2, 0.25) is 5.91 Å². The molecule has 0 atom stereocenters. The molecular weight excluding hydrogens is 233 g/mol. The van der Waals surface area contributed by atoms with Crippen molar-refractivity contribution in [2.24, 2.45) is 0 Å². The monoisotopic (exact) mass is 249 g/mol. The lowest BCUT2D eigenvalue weighted by molar-refractivity contribution is -0.121. The van der Waals surface area contributed by atoms with Crippen LogP contribution >= 0.6 is 0 Å². The van der Waals surface area contributed by atoms with Gasteiger partial charge in [-0.15, -0.1) is 0 Å². The van der Waals surface area contributed by atoms with Crippen LogP contribution in [0.3, 0.4) is 0 Å². The highest BCUT2D eigenvalue weighted by molar-refractivity contribution is 6.02. The van der Waals surface area contributed by atoms with Crippen molar-refractivity contribution in [3.05, 3.63) is 35.1 Å². The number of amides is 1. The van der Waals surface area contributed by atoms with Gasteiger partial charge < -0.3 is 10.2 Å². The molecule has 2 N–H and O–H groups in total. The van der Waals surface area contributed by atoms with Crippen LogP contribution in [0, 0.1) is 11.2 Å². The zero-order valence-electron chi connectivity index (χ0n) is 10.5. The smallest absolute Gasteiger partial charge is 0.239 e. The van der Waals surface area contributed by atoms with E-state index in [-0.39, 0.29) is 30.1 Å². The molecule has 0 aliphatic carbocycles. The fourth-order valence-electron chi connectivity index (χ4n) is 2.04. The molecule has 1 aromatic carbocycles. The van der Waals surface area contributed by atoms with Crippen LogP contribution in [0.5, 0.6) is 0 Å². The molecule has 0 unspecified atom stereocenters. The van der Waals surface area contributed by atoms with Crippen LogP contribution in [-0.4, -0.2) is 29.2 Å². The van der Waals surface area contributed by atoms with Gasteiger partial charge in [0.25, 0.3) is 0 Å². The molecule has 0 saturated heterocycles. The number of halogens is 1. The zero-order valence-corrected chi connectivity index (χ0v) is 10.5. The van der Waals surface area contributed by atoms with E-state index in [4.69, 9.17) is 5.41 Å². The highest BCUT2D eigenvalue weighted by atomic mass is 19.1. The molecule has 0 bridgehead atoms. The number of hydrogen-bond acceptors (Lipinski definition) is 2. The lowest BCUT2D eigenvalue weighted by Gasteiger charge is -2.18. The second-order valence-corrected chi connectivity index (χ2v) is 4.73. The van der Waals surface area contributed by atoms with Crippen molar-refractivity contribution in [3.63, 3.8) is 0 Å². The normalized spacial score (nSPS) is 14.0. The van der Waals surface area contributed by atoms with Crippen LogP contribution in [0.2, 0.25) is 0 Å². The van der Waals surface area contributed by atoms with Gasteiger partial charge in [0.1, 0.15) is 11.7 Å². The Kier molecular flexibility index (Phi) is 3.32. The van der Waals surface area contributed by atoms with E-state index in [0.29, 0.717) is 12.1 Å². The lowest BCUT2D eigenvalue weighted by Crippen LogP contribution is -2.40. The fraction of sp³-hybridized carbons (Fsp3) is 0.385. The van der Waals surface area contributed by atoms with Crippen LogP contribution < -0.4 is 5.32 Å². The summed E-state index contributed by atoms with van der Waals surface area (Å²) < 4.78 is 13.1. The highest BCUT2D eigenvalue weighted by Crippen LogP contribution is 2.22. The Hall–Kier alpha value is -1.91. The van der Waals surface area contributed by atoms with Gasteiger partial charge in [-0.25, -0.2) is 4.39 Å². The minimum atomic E-state index is -0.355. The van der Waals surface area contributed by atoms with E-state index >= 15 is 0 Å². The number of nitrogens with one attached hydrogen (secondary N) is 2. The zero-order chi connectivity index (χ0) is 13.3. The summed E-state index contributed by atoms with van der Waals surface area (Å²) in [6.07, 6.45) is 0. The van der Waals surface area contributed by atoms with E-state index in [1.807, 2.05) is 13.8 Å². The van der Waals surface area contributed by atoms with Gasteiger partial charge >= 0.3 is 0 Å². The van der Waals surface area contributed by atoms with E-state index in [1.165, 1.54) is 12.1 Å². The molecule has 1 aromatic rings. The van der Waals surface area contributed by atoms with Gasteiger partial charge in [-0.3, -0.25) is 10.2 Å². The van der Waals surface area contributed by atoms with E-state index in [0.717, 1.165) is 5.56 Å². The molecule has 5 heteroatoms. The van der Waals surface area contributed by atoms with Gasteiger partial charge in [-0.05, 0) is 31.5 Å². The Bertz CT molecular complexity index is 499. The number of rotatable bonds is 3. The molecule has 0 spiro atoms. The topological polar surface area (TPSA) is 56.2 Å². The number of fused-ring (bicyclic) bond motifs is 1. The summed E-state index contributed by atoms with van der Waals surface area (Å²) in [6, 6.07) is 4.47. The molecule has 1 aliphatic heterocycles. The van der Waals surface area contributed by atoms with Crippen LogP contribution in [0.4, 0.5) is 4.39 Å². The molecular formula is C13H16FN3O. The van der Waals surface area contributed by atoms with Gasteiger partial charge in [-0.2, -0.15) is 0 Å². The summed E-state index contributed by atoms with van der Waals surface area (Å²) in [5.74, 6) is -0.265. The summed E-state index contributed by atoms with van der Waals surface area (Å²) in [4.78, 5) is 13.3. The summed E-state index contributed by atoms with van der Waals surface area (Å²) in [5, 5.41) is 10.7. The van der Waals surface area contributed by atoms with Crippen LogP contribution in [0.15, 0.2) is 18.2 Å². The van der Waals surface area contributed by atoms with Crippen LogP contribution in [0.1, 0.15) is 25.0 Å². The molecule has 1 heterocycles. The van der Waals surface area contributed by atoms with Crippen molar-refractivity contribution in [3.8, 4) is 0 Å². The number of carbonyl (C=O) groups excluding carboxylic acids is 1. The Labute approximate surface area is 105 Å². The fourth-order valence-corrected chi connectivity index (χ4v) is 2.04. The maximum atomic E-state index is 13.1. The van der Waals surface area contributed by atoms with Crippen molar-refractivity contribution in [2.75, 3.05) is 6.54 Å². The molecule has 0 aromatic heterocycles. The average molecular weight is 249 g/mol. The molecule has 2 rings (SSSR count). The van der Waals surface area contributed by atoms with E-state index in [2.05, 4.69) is 5.32 Å². The molecule has 1 aliphatic rings. The standard InChI is InChI=1S/C13H16FN3O/c1-8(2)16-12(18)7-17-6-9-3-4-10(14)5-11(9)13(17)15/h3-5,8,15H,6-7H2,1-2H3,(H,16,18). The number of carbonyl (C=O) groups is 1. The maximum Gasteiger partial charge on any atom is 0.239 e. The SMILES string of the molecule is CC(C)NC(=O)CN1Cc2ccc(F)cc2C1=N. The Morgan fingerprint density at radius 3 is 2.94 bits per heavy atom. The maximum absolute atomic E-state index is 13.1. The van der Waals surface area contributed by atoms with Gasteiger partial charge in [0.15, 0.2) is 0 Å². The molecule has 4 nitrogen and oxygen atoms in total. The van der Waals surface area contributed by atoms with Crippen molar-refractivity contribution in [1.29, 1.82) is 5.41 Å². The van der Waals surface area contributed by atoms with Gasteiger partial charge in [0, 0.05) is 18.2 Å². The number of benzene rings is 1. The predicted octanol–water partition coefficient (Wildman–Crippen LogP) is 1.49. The Morgan fingerprint density at radius 1 is 1.56 bits per heavy atom. The first-order valence-corrected chi connectivity index (χ1v) is 5.89. The van der Waals surface area contributed by atoms with Gasteiger partial charge in [0.05, 0.1) is 6.54 Å². The number of nitrogens with zero attached hydrogens (tertiary/aromatic N) is 1. The molecule has 96 valence electrons. The van der Waals surface area contributed by atoms with E-state index in [1.54, 1.807) is 11.0 Å². The quantitative estimate of drug-likeness (QED) is 0.852. The minimum absolute atomic E-state index is 0.0779. The highest BCUT2D eigenvalue weighted by Gasteiger charge is 2.26. The van der Waals surface area contributed by atoms with Gasteiger partial charge in [-0.1, -0.05) is 6.07 Å². The van der Waals surface area contributed by atoms with Crippen molar-refractivity contribution in [2.45, 2.75) is 26.4 Å². The van der Waals surface area contributed by atoms with Crippen LogP contribution in [0.25, 0.3) is 0 Å². The van der Waals surface area contributed by atoms with Crippen molar-refractivity contribution < 1.29 is 9.18 Å². The molecule has 1 amide bonds. The molecule has 18 heavy (non-hydrogen) atoms. The second-order valence-electron chi connectivity index (χ2n) is 4.73. The third kappa shape index (κ3) is 2.50. The average Bonchev–Trinajstić information content (AvgIpc) is 2.55. The van der Waals surface area contributed by atoms with Crippen molar-refractivity contribution in [1.82, 2.24) is 10.2 Å². The third-order valence-corrected chi connectivity index (χ3v) is 2.79. The minimum Gasteiger partial charge on any atom is -0.352 e. The first-order valence-electron chi connectivity index (χ1n) is 5.89. The van der Waals surface area contributed by atoms with Crippen LogP contribution in [-0.2, 0) is 11.3 Å². The molecule has 0 saturated carbocycles. The Balaban J connectivity index is 2.07. The van der Waals surface area contributed by atoms with E-state index < -0.39 is 0 Å². The summed E-state index contributed by atoms with van der Waals surface area (Å²) in [7, 11) is 0. The van der Waals surface area contributed by atoms with Crippen molar-refractivity contribution >= 4 is 11.7 Å². The molecule has 0 fully saturated rings. The Morgan fingerprint density at radius 2 is 2.28 bits per heavy atom. The summed E-state index contributed by atoms with van der Waals surface area (Å²) in [5.41, 5.74) is 1.46. The summed E-state index contributed by atoms with van der Waals surface area (Å²) >= 11 is 0. The first kappa shape index (κ1) is 12.5. The third-order valence-electron chi connectivity index (χ3n) is 2.79. The number of hydrogen-bond donors (Lipinski definition) is 2. The van der Waals surface area contributed by atoms with E-state index in [9.17, 15) is 9.18 Å². The second kappa shape index (κ2) is 4.76. The number of amidine groups is 1. The first-order chi connectivity index (χ1) is 8.47.